The summed E-state index contributed by atoms with van der Waals surface area (Å²) >= 11 is 0. The third-order valence-corrected chi connectivity index (χ3v) is 3.71. The van der Waals surface area contributed by atoms with Crippen molar-refractivity contribution in [2.24, 2.45) is 5.73 Å². The summed E-state index contributed by atoms with van der Waals surface area (Å²) in [6, 6.07) is 15.2. The molecule has 0 bridgehead atoms. The minimum absolute atomic E-state index is 0.412. The summed E-state index contributed by atoms with van der Waals surface area (Å²) in [6.45, 7) is 0. The number of nitrogens with two attached hydrogens (primary N) is 1. The van der Waals surface area contributed by atoms with E-state index >= 15 is 0 Å². The number of para-hydroxylation sites is 1. The maximum absolute atomic E-state index is 11.8. The predicted octanol–water partition coefficient (Wildman–Crippen LogP) is 2.29. The zero-order chi connectivity index (χ0) is 15.8. The lowest BCUT2D eigenvalue weighted by molar-refractivity contribution is 0.0994. The Hall–Kier alpha value is -3.41. The summed E-state index contributed by atoms with van der Waals surface area (Å²) in [4.78, 5) is 16.2. The van der Waals surface area contributed by atoms with Crippen molar-refractivity contribution in [3.05, 3.63) is 72.9 Å². The van der Waals surface area contributed by atoms with E-state index in [9.17, 15) is 4.79 Å². The summed E-state index contributed by atoms with van der Waals surface area (Å²) in [5, 5.41) is 4.16. The lowest BCUT2D eigenvalue weighted by Crippen LogP contribution is -2.15. The van der Waals surface area contributed by atoms with E-state index in [1.165, 1.54) is 6.33 Å². The van der Waals surface area contributed by atoms with Crippen molar-refractivity contribution in [3.63, 3.8) is 0 Å². The summed E-state index contributed by atoms with van der Waals surface area (Å²) in [5.41, 5.74) is 9.25. The third kappa shape index (κ3) is 2.17. The molecule has 6 nitrogen and oxygen atoms in total. The second-order valence-corrected chi connectivity index (χ2v) is 5.13. The first-order valence-electron chi connectivity index (χ1n) is 7.10. The molecule has 4 rings (SSSR count). The minimum atomic E-state index is -0.486. The third-order valence-electron chi connectivity index (χ3n) is 3.71. The smallest absolute Gasteiger partial charge is 0.265 e. The van der Waals surface area contributed by atoms with Gasteiger partial charge in [-0.05, 0) is 30.3 Å². The maximum Gasteiger partial charge on any atom is 0.265 e. The summed E-state index contributed by atoms with van der Waals surface area (Å²) in [7, 11) is 0. The van der Waals surface area contributed by atoms with Crippen LogP contribution in [0, 0.1) is 0 Å². The van der Waals surface area contributed by atoms with Gasteiger partial charge in [0.05, 0.1) is 11.2 Å². The average Bonchev–Trinajstić information content (AvgIpc) is 3.22. The number of nitrogens with zero attached hydrogens (tertiary/aromatic N) is 4. The fourth-order valence-electron chi connectivity index (χ4n) is 2.67. The van der Waals surface area contributed by atoms with Crippen molar-refractivity contribution >= 4 is 11.4 Å². The maximum atomic E-state index is 11.8. The lowest BCUT2D eigenvalue weighted by atomic mass is 10.2. The molecule has 0 radical (unpaired) electrons. The number of carbonyl (C=O) groups is 1. The molecule has 4 aromatic rings. The Bertz CT molecular complexity index is 1000. The van der Waals surface area contributed by atoms with Gasteiger partial charge >= 0.3 is 0 Å². The van der Waals surface area contributed by atoms with E-state index in [2.05, 4.69) is 10.1 Å². The zero-order valence-electron chi connectivity index (χ0n) is 12.1. The zero-order valence-corrected chi connectivity index (χ0v) is 12.1. The van der Waals surface area contributed by atoms with Crippen molar-refractivity contribution in [2.75, 3.05) is 0 Å². The van der Waals surface area contributed by atoms with Gasteiger partial charge < -0.3 is 10.3 Å². The number of aromatic nitrogens is 4. The minimum Gasteiger partial charge on any atom is -0.364 e. The van der Waals surface area contributed by atoms with Gasteiger partial charge in [-0.2, -0.15) is 5.10 Å². The fourth-order valence-corrected chi connectivity index (χ4v) is 2.67. The van der Waals surface area contributed by atoms with Crippen molar-refractivity contribution in [1.29, 1.82) is 0 Å². The standard InChI is InChI=1S/C17H13N5O/c18-17(23)15-9-12(10-21(15)13-5-2-1-3-6-13)16-14-7-4-8-22(14)20-11-19-16/h1-11H,(H2,18,23). The number of fused-ring (bicyclic) bond motifs is 1. The van der Waals surface area contributed by atoms with Crippen LogP contribution in [0.4, 0.5) is 0 Å². The Labute approximate surface area is 131 Å². The van der Waals surface area contributed by atoms with Crippen LogP contribution >= 0.6 is 0 Å². The number of amides is 1. The summed E-state index contributed by atoms with van der Waals surface area (Å²) < 4.78 is 3.52. The van der Waals surface area contributed by atoms with Crippen LogP contribution in [0.3, 0.4) is 0 Å². The highest BCUT2D eigenvalue weighted by Crippen LogP contribution is 2.26. The first kappa shape index (κ1) is 13.3. The molecule has 0 spiro atoms. The molecule has 23 heavy (non-hydrogen) atoms. The molecule has 0 saturated heterocycles. The second kappa shape index (κ2) is 5.10. The Morgan fingerprint density at radius 3 is 2.70 bits per heavy atom. The van der Waals surface area contributed by atoms with E-state index in [1.54, 1.807) is 15.1 Å². The van der Waals surface area contributed by atoms with Gasteiger partial charge in [0, 0.05) is 23.6 Å². The number of rotatable bonds is 3. The molecule has 3 heterocycles. The molecular weight excluding hydrogens is 290 g/mol. The average molecular weight is 303 g/mol. The number of benzene rings is 1. The Balaban J connectivity index is 1.94. The molecule has 1 amide bonds. The molecule has 0 atom stereocenters. The van der Waals surface area contributed by atoms with E-state index < -0.39 is 5.91 Å². The Morgan fingerprint density at radius 2 is 1.91 bits per heavy atom. The summed E-state index contributed by atoms with van der Waals surface area (Å²) in [5.74, 6) is -0.486. The van der Waals surface area contributed by atoms with E-state index in [1.807, 2.05) is 54.9 Å². The van der Waals surface area contributed by atoms with E-state index in [0.717, 1.165) is 22.5 Å². The van der Waals surface area contributed by atoms with Gasteiger partial charge in [-0.3, -0.25) is 4.79 Å². The summed E-state index contributed by atoms with van der Waals surface area (Å²) in [6.07, 6.45) is 5.21. The van der Waals surface area contributed by atoms with Crippen LogP contribution in [0.25, 0.3) is 22.5 Å². The number of hydrogen-bond acceptors (Lipinski definition) is 3. The van der Waals surface area contributed by atoms with E-state index in [-0.39, 0.29) is 0 Å². The molecule has 0 saturated carbocycles. The first-order chi connectivity index (χ1) is 11.2. The van der Waals surface area contributed by atoms with Crippen LogP contribution in [0.1, 0.15) is 10.5 Å². The number of primary amides is 1. The fraction of sp³-hybridized carbons (Fsp3) is 0. The largest absolute Gasteiger partial charge is 0.364 e. The van der Waals surface area contributed by atoms with Gasteiger partial charge in [0.15, 0.2) is 0 Å². The Morgan fingerprint density at radius 1 is 1.09 bits per heavy atom. The van der Waals surface area contributed by atoms with E-state index in [4.69, 9.17) is 5.73 Å². The van der Waals surface area contributed by atoms with Crippen LogP contribution in [0.2, 0.25) is 0 Å². The van der Waals surface area contributed by atoms with Crippen molar-refractivity contribution in [1.82, 2.24) is 19.2 Å². The quantitative estimate of drug-likeness (QED) is 0.630. The topological polar surface area (TPSA) is 78.2 Å². The van der Waals surface area contributed by atoms with Gasteiger partial charge in [-0.1, -0.05) is 18.2 Å². The first-order valence-corrected chi connectivity index (χ1v) is 7.10. The van der Waals surface area contributed by atoms with Crippen LogP contribution in [0.5, 0.6) is 0 Å². The molecule has 1 aromatic carbocycles. The highest BCUT2D eigenvalue weighted by molar-refractivity contribution is 5.94. The molecule has 2 N–H and O–H groups in total. The highest BCUT2D eigenvalue weighted by atomic mass is 16.1. The molecule has 0 fully saturated rings. The van der Waals surface area contributed by atoms with Crippen molar-refractivity contribution in [2.45, 2.75) is 0 Å². The lowest BCUT2D eigenvalue weighted by Gasteiger charge is -2.05. The highest BCUT2D eigenvalue weighted by Gasteiger charge is 2.16. The monoisotopic (exact) mass is 303 g/mol. The van der Waals surface area contributed by atoms with Gasteiger partial charge in [-0.15, -0.1) is 0 Å². The number of carbonyl (C=O) groups excluding carboxylic acids is 1. The number of hydrogen-bond donors (Lipinski definition) is 1. The molecule has 0 aliphatic heterocycles. The van der Waals surface area contributed by atoms with Crippen molar-refractivity contribution < 1.29 is 4.79 Å². The normalized spacial score (nSPS) is 11.0. The molecule has 3 aromatic heterocycles. The predicted molar refractivity (Wildman–Crippen MR) is 86.3 cm³/mol. The van der Waals surface area contributed by atoms with Crippen LogP contribution in [-0.4, -0.2) is 25.1 Å². The molecular formula is C17H13N5O. The molecule has 0 aliphatic rings. The second-order valence-electron chi connectivity index (χ2n) is 5.13. The van der Waals surface area contributed by atoms with Crippen molar-refractivity contribution in [3.8, 4) is 16.9 Å². The van der Waals surface area contributed by atoms with Gasteiger partial charge in [-0.25, -0.2) is 9.50 Å². The molecule has 112 valence electrons. The Kier molecular flexibility index (Phi) is 2.94. The SMILES string of the molecule is NC(=O)c1cc(-c2ncnn3cccc23)cn1-c1ccccc1. The van der Waals surface area contributed by atoms with Crippen LogP contribution in [-0.2, 0) is 0 Å². The van der Waals surface area contributed by atoms with Gasteiger partial charge in [0.25, 0.3) is 5.91 Å². The van der Waals surface area contributed by atoms with Crippen LogP contribution < -0.4 is 5.73 Å². The van der Waals surface area contributed by atoms with Gasteiger partial charge in [0.2, 0.25) is 0 Å². The van der Waals surface area contributed by atoms with Crippen LogP contribution in [0.15, 0.2) is 67.3 Å². The van der Waals surface area contributed by atoms with Gasteiger partial charge in [0.1, 0.15) is 12.0 Å². The molecule has 0 aliphatic carbocycles. The molecule has 0 unspecified atom stereocenters. The molecule has 6 heteroatoms. The van der Waals surface area contributed by atoms with E-state index in [0.29, 0.717) is 5.69 Å².